The van der Waals surface area contributed by atoms with Crippen molar-refractivity contribution in [2.75, 3.05) is 5.32 Å². The zero-order chi connectivity index (χ0) is 25.5. The number of halogens is 1. The van der Waals surface area contributed by atoms with Gasteiger partial charge in [-0.05, 0) is 55.5 Å². The molecule has 4 atom stereocenters. The Bertz CT molecular complexity index is 1480. The average molecular weight is 517 g/mol. The molecule has 37 heavy (non-hydrogen) atoms. The third kappa shape index (κ3) is 3.13. The van der Waals surface area contributed by atoms with Crippen LogP contribution in [0.5, 0.6) is 0 Å². The molecular formula is C29H29ClN4O3. The summed E-state index contributed by atoms with van der Waals surface area (Å²) in [5.74, 6) is -2.08. The maximum Gasteiger partial charge on any atom is 0.250 e. The van der Waals surface area contributed by atoms with E-state index >= 15 is 0 Å². The molecule has 3 aliphatic heterocycles. The molecule has 1 aromatic heterocycles. The number of hydrogen-bond donors (Lipinski definition) is 3. The summed E-state index contributed by atoms with van der Waals surface area (Å²) in [5, 5.41) is 8.18. The van der Waals surface area contributed by atoms with Gasteiger partial charge in [0.2, 0.25) is 17.7 Å². The van der Waals surface area contributed by atoms with E-state index in [-0.39, 0.29) is 29.8 Å². The molecule has 4 aliphatic rings. The Kier molecular flexibility index (Phi) is 5.08. The first-order chi connectivity index (χ1) is 17.9. The molecule has 7 rings (SSSR count). The van der Waals surface area contributed by atoms with Crippen molar-refractivity contribution >= 4 is 45.9 Å². The summed E-state index contributed by atoms with van der Waals surface area (Å²) in [6.07, 6.45) is 7.30. The van der Waals surface area contributed by atoms with Crippen molar-refractivity contribution in [2.45, 2.75) is 63.1 Å². The first kappa shape index (κ1) is 23.0. The molecule has 190 valence electrons. The Hall–Kier alpha value is -3.16. The fraction of sp³-hybridized carbons (Fsp3) is 0.414. The highest BCUT2D eigenvalue weighted by molar-refractivity contribution is 6.31. The molecule has 7 nitrogen and oxygen atoms in total. The van der Waals surface area contributed by atoms with Gasteiger partial charge >= 0.3 is 0 Å². The second kappa shape index (κ2) is 8.17. The minimum atomic E-state index is -1.33. The second-order valence-electron chi connectivity index (χ2n) is 11.1. The Labute approximate surface area is 219 Å². The molecular weight excluding hydrogens is 488 g/mol. The quantitative estimate of drug-likeness (QED) is 0.449. The third-order valence-corrected chi connectivity index (χ3v) is 9.29. The Morgan fingerprint density at radius 1 is 1.05 bits per heavy atom. The number of carbonyl (C=O) groups excluding carboxylic acids is 3. The molecule has 0 bridgehead atoms. The molecule has 4 heterocycles. The maximum atomic E-state index is 14.2. The number of nitrogens with one attached hydrogen (secondary N) is 3. The fourth-order valence-electron chi connectivity index (χ4n) is 7.47. The van der Waals surface area contributed by atoms with Crippen molar-refractivity contribution in [3.8, 4) is 0 Å². The fourth-order valence-corrected chi connectivity index (χ4v) is 7.74. The number of aromatic nitrogens is 1. The van der Waals surface area contributed by atoms with Gasteiger partial charge in [-0.25, -0.2) is 0 Å². The largest absolute Gasteiger partial charge is 0.361 e. The minimum Gasteiger partial charge on any atom is -0.361 e. The second-order valence-corrected chi connectivity index (χ2v) is 11.5. The van der Waals surface area contributed by atoms with Crippen LogP contribution in [0.1, 0.15) is 48.8 Å². The zero-order valence-electron chi connectivity index (χ0n) is 20.6. The molecule has 1 spiro atoms. The van der Waals surface area contributed by atoms with Crippen molar-refractivity contribution in [3.05, 3.63) is 64.3 Å². The van der Waals surface area contributed by atoms with Gasteiger partial charge < -0.3 is 10.3 Å². The van der Waals surface area contributed by atoms with Crippen molar-refractivity contribution in [3.63, 3.8) is 0 Å². The highest BCUT2D eigenvalue weighted by Gasteiger charge is 2.71. The van der Waals surface area contributed by atoms with Crippen LogP contribution in [-0.4, -0.2) is 39.7 Å². The number of amides is 3. The van der Waals surface area contributed by atoms with Gasteiger partial charge in [-0.1, -0.05) is 49.1 Å². The summed E-state index contributed by atoms with van der Waals surface area (Å²) in [7, 11) is 0. The van der Waals surface area contributed by atoms with Gasteiger partial charge in [0.05, 0.1) is 11.8 Å². The predicted molar refractivity (Wildman–Crippen MR) is 141 cm³/mol. The van der Waals surface area contributed by atoms with Gasteiger partial charge in [0.25, 0.3) is 0 Å². The molecule has 1 aliphatic carbocycles. The van der Waals surface area contributed by atoms with E-state index in [4.69, 9.17) is 11.6 Å². The number of benzene rings is 2. The molecule has 0 radical (unpaired) electrons. The normalized spacial score (nSPS) is 29.4. The van der Waals surface area contributed by atoms with E-state index in [1.807, 2.05) is 37.4 Å². The van der Waals surface area contributed by atoms with Crippen LogP contribution in [0.25, 0.3) is 10.9 Å². The molecule has 1 saturated carbocycles. The third-order valence-electron chi connectivity index (χ3n) is 9.07. The number of likely N-dealkylation sites (tertiary alicyclic amines) is 1. The number of imide groups is 1. The number of fused-ring (bicyclic) bond motifs is 5. The summed E-state index contributed by atoms with van der Waals surface area (Å²) in [4.78, 5) is 47.0. The number of H-pyrrole nitrogens is 1. The van der Waals surface area contributed by atoms with Gasteiger partial charge in [-0.15, -0.1) is 0 Å². The Morgan fingerprint density at radius 3 is 2.65 bits per heavy atom. The molecule has 2 aromatic carbocycles. The lowest BCUT2D eigenvalue weighted by molar-refractivity contribution is -0.146. The highest BCUT2D eigenvalue weighted by atomic mass is 35.5. The van der Waals surface area contributed by atoms with Crippen LogP contribution < -0.4 is 10.6 Å². The van der Waals surface area contributed by atoms with Crippen LogP contribution in [0, 0.1) is 18.8 Å². The summed E-state index contributed by atoms with van der Waals surface area (Å²) in [6.45, 7) is 1.90. The number of aryl methyl sites for hydroxylation is 1. The maximum absolute atomic E-state index is 14.2. The van der Waals surface area contributed by atoms with E-state index in [2.05, 4.69) is 21.7 Å². The molecule has 3 N–H and O–H groups in total. The van der Waals surface area contributed by atoms with Crippen molar-refractivity contribution in [1.29, 1.82) is 0 Å². The van der Waals surface area contributed by atoms with Crippen molar-refractivity contribution in [2.24, 2.45) is 11.8 Å². The summed E-state index contributed by atoms with van der Waals surface area (Å²) >= 11 is 6.48. The predicted octanol–water partition coefficient (Wildman–Crippen LogP) is 4.43. The van der Waals surface area contributed by atoms with E-state index in [1.165, 1.54) is 4.90 Å². The van der Waals surface area contributed by atoms with Crippen LogP contribution in [0.2, 0.25) is 5.02 Å². The smallest absolute Gasteiger partial charge is 0.250 e. The van der Waals surface area contributed by atoms with Gasteiger partial charge in [0.15, 0.2) is 0 Å². The Morgan fingerprint density at radius 2 is 1.84 bits per heavy atom. The lowest BCUT2D eigenvalue weighted by Gasteiger charge is -2.34. The van der Waals surface area contributed by atoms with Crippen LogP contribution in [0.15, 0.2) is 42.6 Å². The molecule has 8 heteroatoms. The van der Waals surface area contributed by atoms with Crippen LogP contribution in [0.3, 0.4) is 0 Å². The van der Waals surface area contributed by atoms with E-state index < -0.39 is 17.4 Å². The Balaban J connectivity index is 1.37. The number of rotatable bonds is 3. The van der Waals surface area contributed by atoms with Crippen molar-refractivity contribution in [1.82, 2.24) is 15.2 Å². The molecule has 2 saturated heterocycles. The number of anilines is 1. The zero-order valence-corrected chi connectivity index (χ0v) is 21.4. The summed E-state index contributed by atoms with van der Waals surface area (Å²) in [6, 6.07) is 11.2. The van der Waals surface area contributed by atoms with E-state index in [0.29, 0.717) is 22.7 Å². The molecule has 3 aromatic rings. The molecule has 0 unspecified atom stereocenters. The number of nitrogens with zero attached hydrogens (tertiary/aromatic N) is 1. The van der Waals surface area contributed by atoms with Gasteiger partial charge in [0, 0.05) is 45.5 Å². The highest BCUT2D eigenvalue weighted by Crippen LogP contribution is 2.55. The SMILES string of the molecule is Cc1cc(Cl)cc2c1NC(=O)[C@@]21N[C@@H](Cc2c[nH]c3ccccc23)[C@H]2C(=O)N(C3CCCCC3)C(=O)[C@H]21. The van der Waals surface area contributed by atoms with Gasteiger partial charge in [0.1, 0.15) is 5.54 Å². The summed E-state index contributed by atoms with van der Waals surface area (Å²) in [5.41, 5.74) is 2.94. The minimum absolute atomic E-state index is 0.0878. The monoisotopic (exact) mass is 516 g/mol. The average Bonchev–Trinajstić information content (AvgIpc) is 3.60. The van der Waals surface area contributed by atoms with Crippen LogP contribution in [0.4, 0.5) is 5.69 Å². The van der Waals surface area contributed by atoms with Gasteiger partial charge in [-0.2, -0.15) is 0 Å². The topological polar surface area (TPSA) is 94.3 Å². The van der Waals surface area contributed by atoms with Gasteiger partial charge in [-0.3, -0.25) is 24.6 Å². The first-order valence-electron chi connectivity index (χ1n) is 13.2. The first-order valence-corrected chi connectivity index (χ1v) is 13.6. The molecule has 3 amide bonds. The van der Waals surface area contributed by atoms with E-state index in [0.717, 1.165) is 54.1 Å². The van der Waals surface area contributed by atoms with E-state index in [1.54, 1.807) is 6.07 Å². The number of carbonyl (C=O) groups is 3. The molecule has 3 fully saturated rings. The number of hydrogen-bond acceptors (Lipinski definition) is 4. The number of para-hydroxylation sites is 1. The van der Waals surface area contributed by atoms with Crippen LogP contribution in [-0.2, 0) is 26.3 Å². The van der Waals surface area contributed by atoms with Crippen LogP contribution >= 0.6 is 11.6 Å². The van der Waals surface area contributed by atoms with E-state index in [9.17, 15) is 14.4 Å². The van der Waals surface area contributed by atoms with Crippen molar-refractivity contribution < 1.29 is 14.4 Å². The number of aromatic amines is 1. The summed E-state index contributed by atoms with van der Waals surface area (Å²) < 4.78 is 0. The lowest BCUT2D eigenvalue weighted by atomic mass is 9.76. The lowest BCUT2D eigenvalue weighted by Crippen LogP contribution is -2.54. The standard InChI is InChI=1S/C29H29ClN4O3/c1-15-11-17(30)13-20-25(15)32-28(37)29(20)24-23(26(35)34(27(24)36)18-7-3-2-4-8-18)22(33-29)12-16-14-31-21-10-6-5-9-19(16)21/h5-6,9-11,13-14,18,22-24,31,33H,2-4,7-8,12H2,1H3,(H,32,37)/t22-,23+,24-,29+/m0/s1.